The van der Waals surface area contributed by atoms with E-state index in [1.807, 2.05) is 23.1 Å². The van der Waals surface area contributed by atoms with Gasteiger partial charge in [-0.15, -0.1) is 0 Å². The van der Waals surface area contributed by atoms with Crippen LogP contribution in [0.5, 0.6) is 11.5 Å². The minimum Gasteiger partial charge on any atom is -0.492 e. The Hall–Kier alpha value is -2.31. The van der Waals surface area contributed by atoms with Crippen LogP contribution in [0.25, 0.3) is 0 Å². The number of rotatable bonds is 5. The van der Waals surface area contributed by atoms with Gasteiger partial charge in [0, 0.05) is 6.54 Å². The Labute approximate surface area is 160 Å². The predicted molar refractivity (Wildman–Crippen MR) is 109 cm³/mol. The normalized spacial score (nSPS) is 15.9. The average Bonchev–Trinajstić information content (AvgIpc) is 2.67. The minimum absolute atomic E-state index is 0.150. The van der Waals surface area contributed by atoms with Crippen molar-refractivity contribution in [3.05, 3.63) is 53.1 Å². The standard InChI is InChI=1S/C20H25N3O2S/c1-4-13-9-10-16(18(25-3)17(13)24-2)23(20(21)26)19-15-8-6-5-7-14(15)11-12-22-19/h5-10,19,22H,4,11-12H2,1-3H3,(H2,21,26). The van der Waals surface area contributed by atoms with Crippen molar-refractivity contribution in [2.75, 3.05) is 25.7 Å². The summed E-state index contributed by atoms with van der Waals surface area (Å²) in [6, 6.07) is 12.4. The Bertz CT molecular complexity index is 810. The zero-order valence-electron chi connectivity index (χ0n) is 15.4. The maximum Gasteiger partial charge on any atom is 0.184 e. The average molecular weight is 372 g/mol. The van der Waals surface area contributed by atoms with Gasteiger partial charge < -0.3 is 15.2 Å². The minimum atomic E-state index is -0.150. The van der Waals surface area contributed by atoms with E-state index >= 15 is 0 Å². The molecule has 26 heavy (non-hydrogen) atoms. The van der Waals surface area contributed by atoms with Crippen LogP contribution in [-0.4, -0.2) is 25.9 Å². The van der Waals surface area contributed by atoms with Crippen molar-refractivity contribution >= 4 is 23.0 Å². The second-order valence-corrected chi connectivity index (χ2v) is 6.60. The van der Waals surface area contributed by atoms with E-state index in [1.54, 1.807) is 14.2 Å². The van der Waals surface area contributed by atoms with E-state index in [9.17, 15) is 0 Å². The molecule has 1 unspecified atom stereocenters. The maximum atomic E-state index is 6.16. The second-order valence-electron chi connectivity index (χ2n) is 6.18. The second kappa shape index (κ2) is 7.93. The molecule has 0 amide bonds. The largest absolute Gasteiger partial charge is 0.492 e. The maximum absolute atomic E-state index is 6.16. The van der Waals surface area contributed by atoms with Crippen molar-refractivity contribution < 1.29 is 9.47 Å². The van der Waals surface area contributed by atoms with Crippen LogP contribution >= 0.6 is 12.2 Å². The van der Waals surface area contributed by atoms with Crippen LogP contribution in [0, 0.1) is 0 Å². The lowest BCUT2D eigenvalue weighted by Crippen LogP contribution is -2.48. The molecule has 0 fully saturated rings. The summed E-state index contributed by atoms with van der Waals surface area (Å²) in [5, 5.41) is 3.82. The van der Waals surface area contributed by atoms with Crippen molar-refractivity contribution in [2.24, 2.45) is 5.73 Å². The number of nitrogens with zero attached hydrogens (tertiary/aromatic N) is 1. The van der Waals surface area contributed by atoms with E-state index < -0.39 is 0 Å². The van der Waals surface area contributed by atoms with Crippen LogP contribution in [0.3, 0.4) is 0 Å². The van der Waals surface area contributed by atoms with Crippen LogP contribution in [0.1, 0.15) is 29.8 Å². The number of thiocarbonyl (C=S) groups is 1. The molecule has 3 rings (SSSR count). The zero-order valence-corrected chi connectivity index (χ0v) is 16.2. The third-order valence-corrected chi connectivity index (χ3v) is 5.00. The van der Waals surface area contributed by atoms with Gasteiger partial charge in [0.2, 0.25) is 0 Å². The molecule has 138 valence electrons. The van der Waals surface area contributed by atoms with Crippen LogP contribution in [0.15, 0.2) is 36.4 Å². The fraction of sp³-hybridized carbons (Fsp3) is 0.350. The van der Waals surface area contributed by atoms with E-state index in [4.69, 9.17) is 27.4 Å². The first-order valence-corrected chi connectivity index (χ1v) is 9.16. The highest BCUT2D eigenvalue weighted by atomic mass is 32.1. The summed E-state index contributed by atoms with van der Waals surface area (Å²) in [6.07, 6.45) is 1.67. The molecule has 2 aromatic carbocycles. The quantitative estimate of drug-likeness (QED) is 0.788. The molecule has 0 saturated carbocycles. The highest BCUT2D eigenvalue weighted by molar-refractivity contribution is 7.80. The van der Waals surface area contributed by atoms with Gasteiger partial charge in [-0.25, -0.2) is 0 Å². The van der Waals surface area contributed by atoms with Crippen molar-refractivity contribution in [1.82, 2.24) is 5.32 Å². The highest BCUT2D eigenvalue weighted by Gasteiger charge is 2.30. The smallest absolute Gasteiger partial charge is 0.184 e. The molecule has 6 heteroatoms. The highest BCUT2D eigenvalue weighted by Crippen LogP contribution is 2.43. The van der Waals surface area contributed by atoms with Crippen molar-refractivity contribution in [3.63, 3.8) is 0 Å². The molecule has 2 aromatic rings. The Morgan fingerprint density at radius 3 is 2.58 bits per heavy atom. The molecule has 1 atom stereocenters. The number of nitrogens with one attached hydrogen (secondary N) is 1. The van der Waals surface area contributed by atoms with Gasteiger partial charge in [-0.05, 0) is 47.8 Å². The predicted octanol–water partition coefficient (Wildman–Crippen LogP) is 3.16. The van der Waals surface area contributed by atoms with Crippen LogP contribution in [0.2, 0.25) is 0 Å². The molecule has 1 heterocycles. The van der Waals surface area contributed by atoms with E-state index in [1.165, 1.54) is 11.1 Å². The first kappa shape index (κ1) is 18.5. The topological polar surface area (TPSA) is 59.8 Å². The van der Waals surface area contributed by atoms with Gasteiger partial charge in [-0.1, -0.05) is 37.3 Å². The van der Waals surface area contributed by atoms with Gasteiger partial charge in [-0.2, -0.15) is 0 Å². The Kier molecular flexibility index (Phi) is 5.64. The Balaban J connectivity index is 2.15. The lowest BCUT2D eigenvalue weighted by atomic mass is 9.97. The zero-order chi connectivity index (χ0) is 18.7. The molecule has 0 aliphatic carbocycles. The molecule has 1 aliphatic rings. The molecule has 0 bridgehead atoms. The SMILES string of the molecule is CCc1ccc(N(C(N)=S)C2NCCc3ccccc32)c(OC)c1OC. The van der Waals surface area contributed by atoms with E-state index in [0.29, 0.717) is 5.75 Å². The van der Waals surface area contributed by atoms with Gasteiger partial charge in [0.1, 0.15) is 6.17 Å². The molecule has 3 N–H and O–H groups in total. The number of hydrogen-bond acceptors (Lipinski definition) is 4. The number of hydrogen-bond donors (Lipinski definition) is 2. The van der Waals surface area contributed by atoms with Crippen LogP contribution in [0.4, 0.5) is 5.69 Å². The molecule has 0 saturated heterocycles. The van der Waals surface area contributed by atoms with Crippen molar-refractivity contribution in [2.45, 2.75) is 25.9 Å². The van der Waals surface area contributed by atoms with Gasteiger partial charge in [-0.3, -0.25) is 10.2 Å². The van der Waals surface area contributed by atoms with Crippen molar-refractivity contribution in [3.8, 4) is 11.5 Å². The molecule has 0 radical (unpaired) electrons. The third-order valence-electron chi connectivity index (χ3n) is 4.80. The Morgan fingerprint density at radius 1 is 1.19 bits per heavy atom. The number of anilines is 1. The summed E-state index contributed by atoms with van der Waals surface area (Å²) in [5.41, 5.74) is 10.5. The lowest BCUT2D eigenvalue weighted by molar-refractivity contribution is 0.351. The number of benzene rings is 2. The van der Waals surface area contributed by atoms with Gasteiger partial charge in [0.25, 0.3) is 0 Å². The van der Waals surface area contributed by atoms with Crippen LogP contribution in [-0.2, 0) is 12.8 Å². The number of methoxy groups -OCH3 is 2. The number of nitrogens with two attached hydrogens (primary N) is 1. The first-order chi connectivity index (χ1) is 12.6. The molecule has 0 spiro atoms. The molecule has 5 nitrogen and oxygen atoms in total. The molecule has 0 aromatic heterocycles. The third kappa shape index (κ3) is 3.22. The van der Waals surface area contributed by atoms with Gasteiger partial charge in [0.15, 0.2) is 16.6 Å². The van der Waals surface area contributed by atoms with E-state index in [0.717, 1.165) is 36.4 Å². The number of ether oxygens (including phenoxy) is 2. The number of fused-ring (bicyclic) bond motifs is 1. The van der Waals surface area contributed by atoms with Crippen molar-refractivity contribution in [1.29, 1.82) is 0 Å². The van der Waals surface area contributed by atoms with E-state index in [2.05, 4.69) is 30.4 Å². The molecular weight excluding hydrogens is 346 g/mol. The van der Waals surface area contributed by atoms with E-state index in [-0.39, 0.29) is 11.3 Å². The van der Waals surface area contributed by atoms with Crippen LogP contribution < -0.4 is 25.4 Å². The monoisotopic (exact) mass is 371 g/mol. The Morgan fingerprint density at radius 2 is 1.92 bits per heavy atom. The summed E-state index contributed by atoms with van der Waals surface area (Å²) in [6.45, 7) is 2.94. The summed E-state index contributed by atoms with van der Waals surface area (Å²) < 4.78 is 11.3. The summed E-state index contributed by atoms with van der Waals surface area (Å²) in [7, 11) is 3.29. The van der Waals surface area contributed by atoms with Gasteiger partial charge in [0.05, 0.1) is 19.9 Å². The molecule has 1 aliphatic heterocycles. The lowest BCUT2D eigenvalue weighted by Gasteiger charge is -2.37. The summed E-state index contributed by atoms with van der Waals surface area (Å²) in [5.74, 6) is 1.36. The molecular formula is C20H25N3O2S. The fourth-order valence-corrected chi connectivity index (χ4v) is 3.78. The van der Waals surface area contributed by atoms with Gasteiger partial charge >= 0.3 is 0 Å². The fourth-order valence-electron chi connectivity index (χ4n) is 3.58. The first-order valence-electron chi connectivity index (χ1n) is 8.76. The summed E-state index contributed by atoms with van der Waals surface area (Å²) >= 11 is 5.42. The summed E-state index contributed by atoms with van der Waals surface area (Å²) in [4.78, 5) is 1.91. The number of aryl methyl sites for hydroxylation is 1.